The number of benzene rings is 1. The molecule has 1 aliphatic heterocycles. The first kappa shape index (κ1) is 19.8. The molecule has 1 aromatic carbocycles. The highest BCUT2D eigenvalue weighted by molar-refractivity contribution is 7.99. The maximum Gasteiger partial charge on any atom is 0.243 e. The molecule has 2 aromatic rings. The van der Waals surface area contributed by atoms with Crippen LogP contribution < -0.4 is 0 Å². The van der Waals surface area contributed by atoms with Crippen molar-refractivity contribution in [1.29, 1.82) is 0 Å². The molecule has 1 saturated heterocycles. The fourth-order valence-corrected chi connectivity index (χ4v) is 7.09. The molecule has 1 unspecified atom stereocenters. The second-order valence-corrected chi connectivity index (χ2v) is 11.7. The fourth-order valence-electron chi connectivity index (χ4n) is 3.54. The van der Waals surface area contributed by atoms with Crippen molar-refractivity contribution in [2.24, 2.45) is 5.92 Å². The summed E-state index contributed by atoms with van der Waals surface area (Å²) in [5.74, 6) is 1.10. The van der Waals surface area contributed by atoms with Gasteiger partial charge in [0, 0.05) is 31.3 Å². The molecular weight excluding hydrogens is 425 g/mol. The van der Waals surface area contributed by atoms with Crippen LogP contribution in [0.4, 0.5) is 0 Å². The van der Waals surface area contributed by atoms with Gasteiger partial charge in [0.1, 0.15) is 4.33 Å². The third-order valence-electron chi connectivity index (χ3n) is 5.32. The molecule has 2 aliphatic rings. The van der Waals surface area contributed by atoms with Gasteiger partial charge >= 0.3 is 0 Å². The van der Waals surface area contributed by atoms with E-state index in [1.54, 1.807) is 28.2 Å². The Labute approximate surface area is 174 Å². The Bertz CT molecular complexity index is 953. The van der Waals surface area contributed by atoms with Gasteiger partial charge in [-0.25, -0.2) is 13.4 Å². The minimum atomic E-state index is -3.45. The molecule has 1 aromatic heterocycles. The summed E-state index contributed by atoms with van der Waals surface area (Å²) in [5.41, 5.74) is 1.67. The monoisotopic (exact) mass is 447 g/mol. The number of alkyl halides is 2. The van der Waals surface area contributed by atoms with E-state index in [0.717, 1.165) is 54.2 Å². The van der Waals surface area contributed by atoms with Gasteiger partial charge in [0.25, 0.3) is 0 Å². The first-order chi connectivity index (χ1) is 12.8. The van der Waals surface area contributed by atoms with Gasteiger partial charge in [-0.3, -0.25) is 0 Å². The molecule has 1 atom stereocenters. The van der Waals surface area contributed by atoms with Crippen molar-refractivity contribution < 1.29 is 8.42 Å². The van der Waals surface area contributed by atoms with Gasteiger partial charge < -0.3 is 4.57 Å². The fraction of sp³-hybridized carbons (Fsp3) is 0.611. The zero-order valence-electron chi connectivity index (χ0n) is 15.2. The molecule has 148 valence electrons. The van der Waals surface area contributed by atoms with Crippen LogP contribution in [-0.4, -0.2) is 45.4 Å². The number of rotatable bonds is 6. The number of sulfonamides is 1. The summed E-state index contributed by atoms with van der Waals surface area (Å²) < 4.78 is 29.0. The second-order valence-electron chi connectivity index (χ2n) is 7.23. The molecule has 9 heteroatoms. The lowest BCUT2D eigenvalue weighted by atomic mass is 10.2. The third-order valence-corrected chi connectivity index (χ3v) is 9.28. The van der Waals surface area contributed by atoms with Crippen LogP contribution in [0.5, 0.6) is 0 Å². The topological polar surface area (TPSA) is 55.2 Å². The highest BCUT2D eigenvalue weighted by atomic mass is 35.5. The molecule has 0 amide bonds. The van der Waals surface area contributed by atoms with Crippen molar-refractivity contribution in [2.45, 2.75) is 53.5 Å². The number of hydrogen-bond acceptors (Lipinski definition) is 4. The molecular formula is C18H23Cl2N3O2S2. The van der Waals surface area contributed by atoms with Crippen LogP contribution in [0.25, 0.3) is 11.0 Å². The van der Waals surface area contributed by atoms with Gasteiger partial charge in [0.2, 0.25) is 10.0 Å². The van der Waals surface area contributed by atoms with E-state index in [1.165, 1.54) is 0 Å². The van der Waals surface area contributed by atoms with Gasteiger partial charge in [-0.15, -0.1) is 23.2 Å². The van der Waals surface area contributed by atoms with Crippen LogP contribution in [-0.2, 0) is 16.6 Å². The minimum absolute atomic E-state index is 0.283. The van der Waals surface area contributed by atoms with Crippen molar-refractivity contribution >= 4 is 56.0 Å². The first-order valence-corrected chi connectivity index (χ1v) is 12.5. The van der Waals surface area contributed by atoms with Crippen LogP contribution in [0.2, 0.25) is 0 Å². The molecule has 2 heterocycles. The highest BCUT2D eigenvalue weighted by Gasteiger charge is 2.51. The van der Waals surface area contributed by atoms with Crippen LogP contribution in [0.1, 0.15) is 32.6 Å². The van der Waals surface area contributed by atoms with Gasteiger partial charge in [-0.1, -0.05) is 18.2 Å². The normalized spacial score (nSPS) is 23.0. The molecule has 1 saturated carbocycles. The van der Waals surface area contributed by atoms with E-state index in [1.807, 2.05) is 6.07 Å². The zero-order valence-corrected chi connectivity index (χ0v) is 18.3. The first-order valence-electron chi connectivity index (χ1n) is 9.34. The maximum atomic E-state index is 12.9. The van der Waals surface area contributed by atoms with Crippen molar-refractivity contribution in [1.82, 2.24) is 13.9 Å². The van der Waals surface area contributed by atoms with E-state index < -0.39 is 14.4 Å². The number of imidazole rings is 1. The SMILES string of the molecule is CCn1c(SCC2CC2(Cl)Cl)nc2cc(S(=O)(=O)N3CCCCC3)ccc21. The van der Waals surface area contributed by atoms with E-state index in [9.17, 15) is 8.42 Å². The van der Waals surface area contributed by atoms with Gasteiger partial charge in [0.05, 0.1) is 15.9 Å². The Morgan fingerprint density at radius 1 is 1.26 bits per heavy atom. The number of thioether (sulfide) groups is 1. The Kier molecular flexibility index (Phi) is 5.44. The molecule has 27 heavy (non-hydrogen) atoms. The Balaban J connectivity index is 1.62. The number of aromatic nitrogens is 2. The molecule has 2 fully saturated rings. The smallest absolute Gasteiger partial charge is 0.243 e. The number of nitrogens with zero attached hydrogens (tertiary/aromatic N) is 3. The van der Waals surface area contributed by atoms with Crippen molar-refractivity contribution in [3.63, 3.8) is 0 Å². The largest absolute Gasteiger partial charge is 0.319 e. The summed E-state index contributed by atoms with van der Waals surface area (Å²) >= 11 is 13.9. The summed E-state index contributed by atoms with van der Waals surface area (Å²) in [5, 5.41) is 0.885. The van der Waals surface area contributed by atoms with Crippen molar-refractivity contribution in [2.75, 3.05) is 18.8 Å². The van der Waals surface area contributed by atoms with Gasteiger partial charge in [0.15, 0.2) is 5.16 Å². The Morgan fingerprint density at radius 2 is 1.96 bits per heavy atom. The van der Waals surface area contributed by atoms with E-state index in [2.05, 4.69) is 11.5 Å². The minimum Gasteiger partial charge on any atom is -0.319 e. The number of fused-ring (bicyclic) bond motifs is 1. The summed E-state index contributed by atoms with van der Waals surface area (Å²) in [4.78, 5) is 5.04. The predicted octanol–water partition coefficient (Wildman–Crippen LogP) is 4.52. The van der Waals surface area contributed by atoms with Crippen LogP contribution in [0, 0.1) is 5.92 Å². The summed E-state index contributed by atoms with van der Waals surface area (Å²) in [6.07, 6.45) is 3.76. The molecule has 4 rings (SSSR count). The van der Waals surface area contributed by atoms with E-state index in [4.69, 9.17) is 28.2 Å². The molecule has 0 bridgehead atoms. The number of piperidine rings is 1. The van der Waals surface area contributed by atoms with Crippen LogP contribution >= 0.6 is 35.0 Å². The number of hydrogen-bond donors (Lipinski definition) is 0. The average Bonchev–Trinajstić information content (AvgIpc) is 3.12. The van der Waals surface area contributed by atoms with Crippen LogP contribution in [0.3, 0.4) is 0 Å². The van der Waals surface area contributed by atoms with Gasteiger partial charge in [-0.2, -0.15) is 4.31 Å². The quantitative estimate of drug-likeness (QED) is 0.482. The van der Waals surface area contributed by atoms with E-state index in [-0.39, 0.29) is 5.92 Å². The Morgan fingerprint density at radius 3 is 2.59 bits per heavy atom. The van der Waals surface area contributed by atoms with Gasteiger partial charge in [-0.05, 0) is 44.4 Å². The molecule has 1 aliphatic carbocycles. The Hall–Kier alpha value is -0.470. The maximum absolute atomic E-state index is 12.9. The predicted molar refractivity (Wildman–Crippen MR) is 111 cm³/mol. The van der Waals surface area contributed by atoms with E-state index >= 15 is 0 Å². The second kappa shape index (κ2) is 7.41. The lowest BCUT2D eigenvalue weighted by Gasteiger charge is -2.25. The highest BCUT2D eigenvalue weighted by Crippen LogP contribution is 2.54. The molecule has 0 radical (unpaired) electrons. The summed E-state index contributed by atoms with van der Waals surface area (Å²) in [7, 11) is -3.45. The average molecular weight is 448 g/mol. The summed E-state index contributed by atoms with van der Waals surface area (Å²) in [6.45, 7) is 4.04. The van der Waals surface area contributed by atoms with Crippen molar-refractivity contribution in [3.05, 3.63) is 18.2 Å². The molecule has 5 nitrogen and oxygen atoms in total. The number of aryl methyl sites for hydroxylation is 1. The summed E-state index contributed by atoms with van der Waals surface area (Å²) in [6, 6.07) is 5.29. The standard InChI is InChI=1S/C18H23Cl2N3O2S2/c1-2-23-16-7-6-14(27(24,25)22-8-4-3-5-9-22)10-15(16)21-17(23)26-12-13-11-18(13,19)20/h6-7,10,13H,2-5,8-9,11-12H2,1H3. The third kappa shape index (κ3) is 3.86. The lowest BCUT2D eigenvalue weighted by Crippen LogP contribution is -2.35. The molecule has 0 spiro atoms. The lowest BCUT2D eigenvalue weighted by molar-refractivity contribution is 0.346. The number of halogens is 2. The zero-order chi connectivity index (χ0) is 19.2. The molecule has 0 N–H and O–H groups in total. The van der Waals surface area contributed by atoms with Crippen molar-refractivity contribution in [3.8, 4) is 0 Å². The van der Waals surface area contributed by atoms with Crippen LogP contribution in [0.15, 0.2) is 28.3 Å². The van der Waals surface area contributed by atoms with E-state index in [0.29, 0.717) is 18.0 Å².